The first-order chi connectivity index (χ1) is 4.00. The summed E-state index contributed by atoms with van der Waals surface area (Å²) in [6, 6.07) is 0. The van der Waals surface area contributed by atoms with Crippen molar-refractivity contribution in [2.45, 2.75) is 0 Å². The van der Waals surface area contributed by atoms with Gasteiger partial charge in [-0.1, -0.05) is 0 Å². The fourth-order valence-corrected chi connectivity index (χ4v) is 0. The molecule has 0 unspecified atom stereocenters. The first-order valence-corrected chi connectivity index (χ1v) is 24.8. The van der Waals surface area contributed by atoms with E-state index in [1.165, 1.54) is 0 Å². The quantitative estimate of drug-likeness (QED) is 0.286. The monoisotopic (exact) mass is 515 g/mol. The zero-order chi connectivity index (χ0) is 9.00. The molecule has 1 radical (unpaired) electrons. The predicted molar refractivity (Wildman–Crippen MR) is 66.3 cm³/mol. The molecule has 0 saturated carbocycles. The molecule has 0 bridgehead atoms. The van der Waals surface area contributed by atoms with E-state index >= 15 is 0 Å². The van der Waals surface area contributed by atoms with E-state index < -0.39 is 19.7 Å². The Balaban J connectivity index is -0.000000107. The summed E-state index contributed by atoms with van der Waals surface area (Å²) in [6.07, 6.45) is 0. The van der Waals surface area contributed by atoms with E-state index in [2.05, 4.69) is 80.6 Å². The predicted octanol–water partition coefficient (Wildman–Crippen LogP) is 4.11. The molecule has 0 heterocycles. The Hall–Kier alpha value is 4.16. The Morgan fingerprint density at radius 3 is 0.636 bits per heavy atom. The molecule has 0 fully saturated rings. The molecule has 0 aliphatic heterocycles. The third kappa shape index (κ3) is 121. The van der Waals surface area contributed by atoms with Gasteiger partial charge >= 0.3 is 100 Å². The van der Waals surface area contributed by atoms with E-state index in [9.17, 15) is 0 Å². The van der Waals surface area contributed by atoms with Crippen molar-refractivity contribution >= 4 is 80.6 Å². The van der Waals surface area contributed by atoms with E-state index in [1.54, 1.807) is 0 Å². The van der Waals surface area contributed by atoms with Gasteiger partial charge in [0.2, 0.25) is 0 Å². The SMILES string of the molecule is [Co].[S]=[Mo](=[S])([SH])[SH].[S]=[Mo](=[S])([SH])[SH]. The summed E-state index contributed by atoms with van der Waals surface area (Å²) in [5, 5.41) is 0. The van der Waals surface area contributed by atoms with Crippen LogP contribution in [-0.2, 0) is 36.5 Å². The van der Waals surface area contributed by atoms with Crippen LogP contribution < -0.4 is 0 Å². The molecular weight excluding hydrogens is 507 g/mol. The molecule has 0 amide bonds. The van der Waals surface area contributed by atoms with E-state index in [-0.39, 0.29) is 16.8 Å². The van der Waals surface area contributed by atoms with Crippen LogP contribution in [0.4, 0.5) is 0 Å². The molecule has 0 aliphatic carbocycles. The van der Waals surface area contributed by atoms with Crippen molar-refractivity contribution in [1.29, 1.82) is 0 Å². The fourth-order valence-electron chi connectivity index (χ4n) is 0. The molecule has 0 spiro atoms. The van der Waals surface area contributed by atoms with Crippen molar-refractivity contribution in [3.63, 3.8) is 0 Å². The van der Waals surface area contributed by atoms with Gasteiger partial charge in [0.1, 0.15) is 0 Å². The Labute approximate surface area is 114 Å². The number of hydrogen-bond acceptors (Lipinski definition) is 4. The van der Waals surface area contributed by atoms with Crippen LogP contribution in [0, 0.1) is 0 Å². The molecule has 11 heteroatoms. The summed E-state index contributed by atoms with van der Waals surface area (Å²) < 4.78 is 0. The average molecular weight is 511 g/mol. The fraction of sp³-hybridized carbons (Fsp3) is 0. The Bertz CT molecular complexity index is 208. The summed E-state index contributed by atoms with van der Waals surface area (Å²) in [5.41, 5.74) is 0. The number of thiol groups is 4. The Morgan fingerprint density at radius 2 is 0.636 bits per heavy atom. The van der Waals surface area contributed by atoms with Crippen LogP contribution in [0.2, 0.25) is 0 Å². The second-order valence-corrected chi connectivity index (χ2v) is 47.7. The molecule has 0 nitrogen and oxygen atoms in total. The summed E-state index contributed by atoms with van der Waals surface area (Å²) in [5.74, 6) is 0. The van der Waals surface area contributed by atoms with Crippen LogP contribution in [0.1, 0.15) is 0 Å². The van der Waals surface area contributed by atoms with Crippen LogP contribution in [0.15, 0.2) is 0 Å². The molecule has 0 rings (SSSR count). The van der Waals surface area contributed by atoms with Crippen LogP contribution in [0.3, 0.4) is 0 Å². The summed E-state index contributed by atoms with van der Waals surface area (Å²) in [6.45, 7) is 0. The molecule has 0 N–H and O–H groups in total. The summed E-state index contributed by atoms with van der Waals surface area (Å²) >= 11 is 0. The minimum absolute atomic E-state index is 0. The van der Waals surface area contributed by atoms with E-state index in [4.69, 9.17) is 0 Å². The number of hydrogen-bond donors (Lipinski definition) is 4. The van der Waals surface area contributed by atoms with Gasteiger partial charge in [0.05, 0.1) is 0 Å². The van der Waals surface area contributed by atoms with Crippen molar-refractivity contribution in [2.24, 2.45) is 0 Å². The van der Waals surface area contributed by atoms with Crippen LogP contribution in [0.5, 0.6) is 0 Å². The Kier molecular flexibility index (Phi) is 17.6. The molecule has 0 aromatic carbocycles. The van der Waals surface area contributed by atoms with Gasteiger partial charge in [0, 0.05) is 16.8 Å². The van der Waals surface area contributed by atoms with Crippen molar-refractivity contribution in [3.05, 3.63) is 0 Å². The van der Waals surface area contributed by atoms with Gasteiger partial charge in [-0.25, -0.2) is 0 Å². The number of rotatable bonds is 0. The van der Waals surface area contributed by atoms with Gasteiger partial charge in [-0.15, -0.1) is 0 Å². The van der Waals surface area contributed by atoms with Crippen LogP contribution >= 0.6 is 80.6 Å². The Morgan fingerprint density at radius 1 is 0.636 bits per heavy atom. The second kappa shape index (κ2) is 9.39. The van der Waals surface area contributed by atoms with E-state index in [1.807, 2.05) is 0 Å². The molecule has 0 aromatic rings. The molecule has 0 aromatic heterocycles. The van der Waals surface area contributed by atoms with Gasteiger partial charge in [-0.3, -0.25) is 0 Å². The molecule has 0 saturated heterocycles. The maximum atomic E-state index is 4.56. The van der Waals surface area contributed by atoms with Crippen molar-refractivity contribution < 1.29 is 36.5 Å². The summed E-state index contributed by atoms with van der Waals surface area (Å²) in [4.78, 5) is 0. The second-order valence-electron chi connectivity index (χ2n) is 0.896. The van der Waals surface area contributed by atoms with Gasteiger partial charge in [0.15, 0.2) is 0 Å². The van der Waals surface area contributed by atoms with Gasteiger partial charge in [-0.05, 0) is 0 Å². The zero-order valence-corrected chi connectivity index (χ0v) is 16.5. The molecule has 73 valence electrons. The molecule has 0 aliphatic rings. The zero-order valence-electron chi connectivity index (χ0n) is 4.57. The molecule has 11 heavy (non-hydrogen) atoms. The maximum absolute atomic E-state index is 4.56. The first-order valence-electron chi connectivity index (χ1n) is 1.40. The van der Waals surface area contributed by atoms with Gasteiger partial charge < -0.3 is 0 Å². The normalized spacial score (nSPS) is 10.5. The summed E-state index contributed by atoms with van der Waals surface area (Å²) in [7, 11) is 28.5. The van der Waals surface area contributed by atoms with Gasteiger partial charge in [-0.2, -0.15) is 0 Å². The standard InChI is InChI=1S/Co.2Mo.4H2S.4S/h;;;4*1H2;;;;/q;2*+2;;;;;;;;/p-4. The van der Waals surface area contributed by atoms with E-state index in [0.29, 0.717) is 0 Å². The van der Waals surface area contributed by atoms with Crippen LogP contribution in [0.25, 0.3) is 0 Å². The average Bonchev–Trinajstić information content (AvgIpc) is 1.12. The minimum atomic E-state index is -2.46. The molecular formula is H4CoMo2S8. The van der Waals surface area contributed by atoms with Crippen LogP contribution in [-0.4, -0.2) is 0 Å². The topological polar surface area (TPSA) is 0 Å². The molecule has 0 atom stereocenters. The van der Waals surface area contributed by atoms with E-state index in [0.717, 1.165) is 0 Å². The first kappa shape index (κ1) is 20.6. The third-order valence-corrected chi connectivity index (χ3v) is 0. The third-order valence-electron chi connectivity index (χ3n) is 0. The van der Waals surface area contributed by atoms with Crippen molar-refractivity contribution in [1.82, 2.24) is 0 Å². The van der Waals surface area contributed by atoms with Gasteiger partial charge in [0.25, 0.3) is 0 Å². The van der Waals surface area contributed by atoms with Crippen molar-refractivity contribution in [2.75, 3.05) is 0 Å². The van der Waals surface area contributed by atoms with Crippen molar-refractivity contribution in [3.8, 4) is 0 Å².